The Morgan fingerprint density at radius 3 is 2.91 bits per heavy atom. The number of aromatic nitrogens is 2. The first-order valence-electron chi connectivity index (χ1n) is 3.46. The summed E-state index contributed by atoms with van der Waals surface area (Å²) in [7, 11) is 0. The Bertz CT molecular complexity index is 392. The van der Waals surface area contributed by atoms with Crippen molar-refractivity contribution in [1.82, 2.24) is 9.97 Å². The van der Waals surface area contributed by atoms with Crippen molar-refractivity contribution in [2.45, 2.75) is 13.8 Å². The van der Waals surface area contributed by atoms with E-state index < -0.39 is 0 Å². The highest BCUT2D eigenvalue weighted by Crippen LogP contribution is 2.21. The van der Waals surface area contributed by atoms with Gasteiger partial charge in [-0.05, 0) is 19.9 Å². The van der Waals surface area contributed by atoms with Gasteiger partial charge in [0.05, 0.1) is 15.4 Å². The molecule has 0 aliphatic carbocycles. The molecule has 2 nitrogen and oxygen atoms in total. The molecule has 2 aromatic rings. The van der Waals surface area contributed by atoms with Gasteiger partial charge >= 0.3 is 0 Å². The molecule has 0 spiro atoms. The summed E-state index contributed by atoms with van der Waals surface area (Å²) in [5.74, 6) is 0. The lowest BCUT2D eigenvalue weighted by Crippen LogP contribution is -1.80. The summed E-state index contributed by atoms with van der Waals surface area (Å²) in [6.45, 7) is 4.01. The van der Waals surface area contributed by atoms with Crippen LogP contribution in [0.4, 0.5) is 0 Å². The molecular weight excluding hydrogens is 156 g/mol. The van der Waals surface area contributed by atoms with Crippen LogP contribution in [-0.4, -0.2) is 9.97 Å². The topological polar surface area (TPSA) is 25.8 Å². The third kappa shape index (κ3) is 1.01. The quantitative estimate of drug-likeness (QED) is 0.597. The number of aryl methyl sites for hydroxylation is 2. The highest BCUT2D eigenvalue weighted by molar-refractivity contribution is 7.18. The minimum atomic E-state index is 1.02. The van der Waals surface area contributed by atoms with Crippen LogP contribution in [0.5, 0.6) is 0 Å². The predicted octanol–water partition coefficient (Wildman–Crippen LogP) is 2.31. The van der Waals surface area contributed by atoms with Crippen LogP contribution >= 0.6 is 11.3 Å². The lowest BCUT2D eigenvalue weighted by Gasteiger charge is -1.89. The molecule has 2 rings (SSSR count). The van der Waals surface area contributed by atoms with E-state index in [4.69, 9.17) is 0 Å². The smallest absolute Gasteiger partial charge is 0.103 e. The molecule has 0 saturated heterocycles. The second-order valence-electron chi connectivity index (χ2n) is 2.48. The molecule has 3 heteroatoms. The summed E-state index contributed by atoms with van der Waals surface area (Å²) >= 11 is 1.72. The SMILES string of the molecule is Cc1nc2c(C)nccc2s1. The summed E-state index contributed by atoms with van der Waals surface area (Å²) < 4.78 is 1.23. The molecule has 0 saturated carbocycles. The fourth-order valence-electron chi connectivity index (χ4n) is 1.09. The van der Waals surface area contributed by atoms with E-state index in [-0.39, 0.29) is 0 Å². The van der Waals surface area contributed by atoms with Crippen LogP contribution in [0.3, 0.4) is 0 Å². The minimum absolute atomic E-state index is 1.02. The van der Waals surface area contributed by atoms with Gasteiger partial charge in [-0.25, -0.2) is 4.98 Å². The van der Waals surface area contributed by atoms with Crippen molar-refractivity contribution in [1.29, 1.82) is 0 Å². The standard InChI is InChI=1S/C8H8N2S/c1-5-8-7(3-4-9-5)11-6(2)10-8/h3-4H,1-2H3. The molecule has 0 aliphatic heterocycles. The Labute approximate surface area is 68.9 Å². The summed E-state index contributed by atoms with van der Waals surface area (Å²) in [5, 5.41) is 1.11. The van der Waals surface area contributed by atoms with Crippen LogP contribution in [0.2, 0.25) is 0 Å². The number of fused-ring (bicyclic) bond motifs is 1. The first kappa shape index (κ1) is 6.73. The first-order valence-corrected chi connectivity index (χ1v) is 4.28. The fraction of sp³-hybridized carbons (Fsp3) is 0.250. The highest BCUT2D eigenvalue weighted by atomic mass is 32.1. The third-order valence-corrected chi connectivity index (χ3v) is 2.53. The van der Waals surface area contributed by atoms with Crippen LogP contribution in [-0.2, 0) is 0 Å². The van der Waals surface area contributed by atoms with Gasteiger partial charge in [-0.1, -0.05) is 0 Å². The van der Waals surface area contributed by atoms with Gasteiger partial charge in [-0.15, -0.1) is 11.3 Å². The predicted molar refractivity (Wildman–Crippen MR) is 46.9 cm³/mol. The maximum atomic E-state index is 4.37. The maximum Gasteiger partial charge on any atom is 0.103 e. The van der Waals surface area contributed by atoms with Gasteiger partial charge in [-0.2, -0.15) is 0 Å². The van der Waals surface area contributed by atoms with Gasteiger partial charge < -0.3 is 0 Å². The van der Waals surface area contributed by atoms with E-state index in [1.54, 1.807) is 11.3 Å². The minimum Gasteiger partial charge on any atom is -0.259 e. The molecular formula is C8H8N2S. The molecule has 0 fully saturated rings. The molecule has 0 unspecified atom stereocenters. The van der Waals surface area contributed by atoms with E-state index in [2.05, 4.69) is 9.97 Å². The number of thiazole rings is 1. The van der Waals surface area contributed by atoms with Gasteiger partial charge in [0.25, 0.3) is 0 Å². The van der Waals surface area contributed by atoms with Crippen molar-refractivity contribution < 1.29 is 0 Å². The molecule has 0 aromatic carbocycles. The first-order chi connectivity index (χ1) is 5.27. The fourth-order valence-corrected chi connectivity index (χ4v) is 1.97. The lowest BCUT2D eigenvalue weighted by atomic mass is 10.3. The molecule has 2 heterocycles. The van der Waals surface area contributed by atoms with E-state index in [1.165, 1.54) is 4.70 Å². The van der Waals surface area contributed by atoms with Crippen LogP contribution in [0, 0.1) is 13.8 Å². The van der Waals surface area contributed by atoms with Crippen molar-refractivity contribution in [3.8, 4) is 0 Å². The number of nitrogens with zero attached hydrogens (tertiary/aromatic N) is 2. The molecule has 0 N–H and O–H groups in total. The largest absolute Gasteiger partial charge is 0.259 e. The maximum absolute atomic E-state index is 4.37. The van der Waals surface area contributed by atoms with Crippen LogP contribution in [0.25, 0.3) is 10.2 Å². The zero-order valence-corrected chi connectivity index (χ0v) is 7.27. The van der Waals surface area contributed by atoms with Gasteiger partial charge in [0.1, 0.15) is 5.52 Å². The number of pyridine rings is 1. The molecule has 0 atom stereocenters. The molecule has 0 bridgehead atoms. The Balaban J connectivity index is 2.90. The van der Waals surface area contributed by atoms with E-state index in [0.29, 0.717) is 0 Å². The second-order valence-corrected chi connectivity index (χ2v) is 3.71. The summed E-state index contributed by atoms with van der Waals surface area (Å²) in [4.78, 5) is 8.53. The summed E-state index contributed by atoms with van der Waals surface area (Å²) in [6.07, 6.45) is 1.83. The van der Waals surface area contributed by atoms with Crippen LogP contribution in [0.1, 0.15) is 10.7 Å². The molecule has 0 radical (unpaired) electrons. The molecule has 0 amide bonds. The number of hydrogen-bond donors (Lipinski definition) is 0. The molecule has 2 aromatic heterocycles. The zero-order valence-electron chi connectivity index (χ0n) is 6.46. The lowest BCUT2D eigenvalue weighted by molar-refractivity contribution is 1.20. The van der Waals surface area contributed by atoms with E-state index in [0.717, 1.165) is 16.2 Å². The van der Waals surface area contributed by atoms with Crippen molar-refractivity contribution in [3.05, 3.63) is 23.0 Å². The van der Waals surface area contributed by atoms with E-state index in [9.17, 15) is 0 Å². The van der Waals surface area contributed by atoms with E-state index >= 15 is 0 Å². The summed E-state index contributed by atoms with van der Waals surface area (Å²) in [6, 6.07) is 2.01. The second kappa shape index (κ2) is 2.27. The molecule has 11 heavy (non-hydrogen) atoms. The molecule has 56 valence electrons. The average molecular weight is 164 g/mol. The average Bonchev–Trinajstić information content (AvgIpc) is 2.31. The van der Waals surface area contributed by atoms with Crippen molar-refractivity contribution in [2.75, 3.05) is 0 Å². The zero-order chi connectivity index (χ0) is 7.84. The van der Waals surface area contributed by atoms with Crippen LogP contribution < -0.4 is 0 Å². The van der Waals surface area contributed by atoms with Crippen molar-refractivity contribution in [3.63, 3.8) is 0 Å². The van der Waals surface area contributed by atoms with Gasteiger partial charge in [0.15, 0.2) is 0 Å². The summed E-state index contributed by atoms with van der Waals surface area (Å²) in [5.41, 5.74) is 2.07. The van der Waals surface area contributed by atoms with Crippen LogP contribution in [0.15, 0.2) is 12.3 Å². The number of rotatable bonds is 0. The van der Waals surface area contributed by atoms with Gasteiger partial charge in [-0.3, -0.25) is 4.98 Å². The molecule has 0 aliphatic rings. The van der Waals surface area contributed by atoms with Crippen molar-refractivity contribution in [2.24, 2.45) is 0 Å². The van der Waals surface area contributed by atoms with Crippen molar-refractivity contribution >= 4 is 21.6 Å². The highest BCUT2D eigenvalue weighted by Gasteiger charge is 2.01. The Morgan fingerprint density at radius 2 is 2.18 bits per heavy atom. The van der Waals surface area contributed by atoms with Gasteiger partial charge in [0.2, 0.25) is 0 Å². The Hall–Kier alpha value is -0.960. The Kier molecular flexibility index (Phi) is 1.39. The van der Waals surface area contributed by atoms with E-state index in [1.807, 2.05) is 26.1 Å². The number of hydrogen-bond acceptors (Lipinski definition) is 3. The normalized spacial score (nSPS) is 10.7. The third-order valence-electron chi connectivity index (χ3n) is 1.60. The van der Waals surface area contributed by atoms with Gasteiger partial charge in [0, 0.05) is 6.20 Å². The Morgan fingerprint density at radius 1 is 1.36 bits per heavy atom. The monoisotopic (exact) mass is 164 g/mol.